The summed E-state index contributed by atoms with van der Waals surface area (Å²) < 4.78 is 14.2. The number of ether oxygens (including phenoxy) is 2. The number of hydrogen-bond donors (Lipinski definition) is 0. The summed E-state index contributed by atoms with van der Waals surface area (Å²) in [6, 6.07) is 22.8. The first-order valence-corrected chi connectivity index (χ1v) is 9.83. The summed E-state index contributed by atoms with van der Waals surface area (Å²) in [5, 5.41) is 9.45. The number of benzene rings is 3. The molecule has 3 aromatic carbocycles. The number of hydrogen-bond acceptors (Lipinski definition) is 5. The van der Waals surface area contributed by atoms with E-state index in [1.807, 2.05) is 77.2 Å². The van der Waals surface area contributed by atoms with E-state index in [-0.39, 0.29) is 5.56 Å². The van der Waals surface area contributed by atoms with E-state index in [1.54, 1.807) is 18.8 Å². The van der Waals surface area contributed by atoms with E-state index < -0.39 is 0 Å². The molecule has 31 heavy (non-hydrogen) atoms. The third-order valence-electron chi connectivity index (χ3n) is 5.34. The van der Waals surface area contributed by atoms with Gasteiger partial charge >= 0.3 is 0 Å². The quantitative estimate of drug-likeness (QED) is 0.439. The van der Waals surface area contributed by atoms with Crippen molar-refractivity contribution in [2.24, 2.45) is 0 Å². The number of fused-ring (bicyclic) bond motifs is 3. The van der Waals surface area contributed by atoms with Crippen LogP contribution in [-0.4, -0.2) is 33.4 Å². The Balaban J connectivity index is 1.76. The van der Waals surface area contributed by atoms with Crippen LogP contribution < -0.4 is 15.0 Å². The van der Waals surface area contributed by atoms with Crippen LogP contribution in [-0.2, 0) is 6.54 Å². The Labute approximate surface area is 178 Å². The maximum Gasteiger partial charge on any atom is 0.263 e. The second-order valence-electron chi connectivity index (χ2n) is 7.15. The van der Waals surface area contributed by atoms with E-state index in [1.165, 1.54) is 0 Å². The maximum atomic E-state index is 13.4. The fraction of sp³-hybridized carbons (Fsp3) is 0.125. The fourth-order valence-electron chi connectivity index (χ4n) is 3.76. The van der Waals surface area contributed by atoms with E-state index in [9.17, 15) is 4.79 Å². The highest BCUT2D eigenvalue weighted by atomic mass is 16.5. The average Bonchev–Trinajstić information content (AvgIpc) is 3.27. The Morgan fingerprint density at radius 1 is 0.839 bits per heavy atom. The number of methoxy groups -OCH3 is 2. The van der Waals surface area contributed by atoms with Gasteiger partial charge in [-0.1, -0.05) is 36.4 Å². The molecule has 0 saturated carbocycles. The molecular weight excluding hydrogens is 392 g/mol. The summed E-state index contributed by atoms with van der Waals surface area (Å²) in [6.45, 7) is 0.368. The molecule has 0 bridgehead atoms. The molecule has 0 atom stereocenters. The van der Waals surface area contributed by atoms with Gasteiger partial charge in [-0.3, -0.25) is 13.8 Å². The Morgan fingerprint density at radius 2 is 1.61 bits per heavy atom. The Hall–Kier alpha value is -4.13. The molecule has 7 nitrogen and oxygen atoms in total. The highest BCUT2D eigenvalue weighted by Gasteiger charge is 2.18. The standard InChI is InChI=1S/C24H20N4O3/c1-30-18-12-10-16(11-13-18)15-27-23(29)20-8-3-4-9-21(20)28-22(25-26-24(27)28)17-6-5-7-19(14-17)31-2/h3-14H,15H2,1-2H3. The molecule has 154 valence electrons. The van der Waals surface area contributed by atoms with Gasteiger partial charge < -0.3 is 9.47 Å². The number of para-hydroxylation sites is 1. The summed E-state index contributed by atoms with van der Waals surface area (Å²) in [6.07, 6.45) is 0. The van der Waals surface area contributed by atoms with Crippen LogP contribution in [0.5, 0.6) is 11.5 Å². The van der Waals surface area contributed by atoms with Crippen molar-refractivity contribution in [1.29, 1.82) is 0 Å². The van der Waals surface area contributed by atoms with E-state index >= 15 is 0 Å². The molecule has 0 spiro atoms. The average molecular weight is 412 g/mol. The predicted molar refractivity (Wildman–Crippen MR) is 119 cm³/mol. The van der Waals surface area contributed by atoms with Crippen LogP contribution in [0, 0.1) is 0 Å². The van der Waals surface area contributed by atoms with Crippen molar-refractivity contribution < 1.29 is 9.47 Å². The normalized spacial score (nSPS) is 11.2. The van der Waals surface area contributed by atoms with Gasteiger partial charge in [-0.15, -0.1) is 10.2 Å². The van der Waals surface area contributed by atoms with Gasteiger partial charge in [0.25, 0.3) is 5.56 Å². The molecule has 5 aromatic rings. The summed E-state index contributed by atoms with van der Waals surface area (Å²) in [5.74, 6) is 2.62. The van der Waals surface area contributed by atoms with Gasteiger partial charge in [0.05, 0.1) is 31.7 Å². The third-order valence-corrected chi connectivity index (χ3v) is 5.34. The SMILES string of the molecule is COc1ccc(Cn2c(=O)c3ccccc3n3c(-c4cccc(OC)c4)nnc23)cc1. The van der Waals surface area contributed by atoms with E-state index in [4.69, 9.17) is 9.47 Å². The minimum atomic E-state index is -0.108. The first-order valence-electron chi connectivity index (χ1n) is 9.83. The van der Waals surface area contributed by atoms with Crippen molar-refractivity contribution in [3.8, 4) is 22.9 Å². The zero-order valence-electron chi connectivity index (χ0n) is 17.1. The zero-order valence-corrected chi connectivity index (χ0v) is 17.1. The molecule has 0 aliphatic heterocycles. The first-order chi connectivity index (χ1) is 15.2. The molecule has 0 unspecified atom stereocenters. The molecule has 2 heterocycles. The maximum absolute atomic E-state index is 13.4. The lowest BCUT2D eigenvalue weighted by molar-refractivity contribution is 0.414. The van der Waals surface area contributed by atoms with Gasteiger partial charge in [-0.2, -0.15) is 0 Å². The van der Waals surface area contributed by atoms with Gasteiger partial charge in [-0.05, 0) is 42.0 Å². The molecular formula is C24H20N4O3. The molecule has 7 heteroatoms. The molecule has 0 radical (unpaired) electrons. The summed E-state index contributed by atoms with van der Waals surface area (Å²) in [5.41, 5.74) is 2.47. The number of nitrogens with zero attached hydrogens (tertiary/aromatic N) is 4. The second-order valence-corrected chi connectivity index (χ2v) is 7.15. The van der Waals surface area contributed by atoms with Gasteiger partial charge in [0.15, 0.2) is 5.82 Å². The van der Waals surface area contributed by atoms with E-state index in [2.05, 4.69) is 10.2 Å². The molecule has 0 amide bonds. The lowest BCUT2D eigenvalue weighted by atomic mass is 10.2. The molecule has 0 N–H and O–H groups in total. The van der Waals surface area contributed by atoms with Crippen LogP contribution in [0.3, 0.4) is 0 Å². The van der Waals surface area contributed by atoms with Crippen molar-refractivity contribution >= 4 is 16.7 Å². The van der Waals surface area contributed by atoms with Crippen LogP contribution in [0.25, 0.3) is 28.1 Å². The Morgan fingerprint density at radius 3 is 2.39 bits per heavy atom. The zero-order chi connectivity index (χ0) is 21.4. The monoisotopic (exact) mass is 412 g/mol. The van der Waals surface area contributed by atoms with Gasteiger partial charge in [-0.25, -0.2) is 0 Å². The van der Waals surface area contributed by atoms with E-state index in [0.717, 1.165) is 28.1 Å². The third kappa shape index (κ3) is 3.20. The van der Waals surface area contributed by atoms with E-state index in [0.29, 0.717) is 23.5 Å². The highest BCUT2D eigenvalue weighted by Crippen LogP contribution is 2.25. The molecule has 5 rings (SSSR count). The van der Waals surface area contributed by atoms with Gasteiger partial charge in [0.2, 0.25) is 5.78 Å². The lowest BCUT2D eigenvalue weighted by Crippen LogP contribution is -2.24. The van der Waals surface area contributed by atoms with Gasteiger partial charge in [0.1, 0.15) is 11.5 Å². The fourth-order valence-corrected chi connectivity index (χ4v) is 3.76. The van der Waals surface area contributed by atoms with Crippen molar-refractivity contribution in [3.63, 3.8) is 0 Å². The summed E-state index contributed by atoms with van der Waals surface area (Å²) >= 11 is 0. The Bertz CT molecular complexity index is 1450. The Kier molecular flexibility index (Phi) is 4.63. The topological polar surface area (TPSA) is 70.7 Å². The number of aromatic nitrogens is 4. The largest absolute Gasteiger partial charge is 0.497 e. The molecule has 2 aromatic heterocycles. The van der Waals surface area contributed by atoms with Crippen LogP contribution in [0.2, 0.25) is 0 Å². The van der Waals surface area contributed by atoms with Crippen molar-refractivity contribution in [2.75, 3.05) is 14.2 Å². The highest BCUT2D eigenvalue weighted by molar-refractivity contribution is 5.82. The van der Waals surface area contributed by atoms with Crippen LogP contribution in [0.1, 0.15) is 5.56 Å². The molecule has 0 aliphatic rings. The number of rotatable bonds is 5. The van der Waals surface area contributed by atoms with Crippen molar-refractivity contribution in [1.82, 2.24) is 19.2 Å². The van der Waals surface area contributed by atoms with Crippen molar-refractivity contribution in [2.45, 2.75) is 6.54 Å². The first kappa shape index (κ1) is 18.9. The molecule has 0 fully saturated rings. The van der Waals surface area contributed by atoms with Crippen LogP contribution in [0.4, 0.5) is 0 Å². The van der Waals surface area contributed by atoms with Gasteiger partial charge in [0, 0.05) is 5.56 Å². The van der Waals surface area contributed by atoms with Crippen molar-refractivity contribution in [3.05, 3.63) is 88.7 Å². The van der Waals surface area contributed by atoms with Crippen LogP contribution in [0.15, 0.2) is 77.6 Å². The summed E-state index contributed by atoms with van der Waals surface area (Å²) in [4.78, 5) is 13.4. The predicted octanol–water partition coefficient (Wildman–Crippen LogP) is 3.78. The summed E-state index contributed by atoms with van der Waals surface area (Å²) in [7, 11) is 3.26. The molecule has 0 saturated heterocycles. The minimum absolute atomic E-state index is 0.108. The molecule has 0 aliphatic carbocycles. The second kappa shape index (κ2) is 7.60. The van der Waals surface area contributed by atoms with Crippen LogP contribution >= 0.6 is 0 Å². The minimum Gasteiger partial charge on any atom is -0.497 e. The lowest BCUT2D eigenvalue weighted by Gasteiger charge is -2.12. The smallest absolute Gasteiger partial charge is 0.263 e.